The number of rotatable bonds is 7. The van der Waals surface area contributed by atoms with Gasteiger partial charge in [-0.3, -0.25) is 4.79 Å². The van der Waals surface area contributed by atoms with Crippen molar-refractivity contribution < 1.29 is 13.2 Å². The topological polar surface area (TPSA) is 89.3 Å². The average Bonchev–Trinajstić information content (AvgIpc) is 2.74. The Balaban J connectivity index is 0.00000320. The summed E-state index contributed by atoms with van der Waals surface area (Å²) in [5, 5.41) is 3.70. The van der Waals surface area contributed by atoms with Crippen molar-refractivity contribution in [3.8, 4) is 0 Å². The standard InChI is InChI=1S/C22H27ClN2O3S.ClH/c23-18-6-4-5-17(15-18)22(16-24)12-9-19(10-13-22)25-21(26)11-14-29(27,28)20-7-2-1-3-8-20;/h1-8,15,19H,9-14,16,24H2,(H,25,26);1H/t19-,22+;. The molecule has 2 aromatic rings. The summed E-state index contributed by atoms with van der Waals surface area (Å²) in [5.41, 5.74) is 7.14. The van der Waals surface area contributed by atoms with Gasteiger partial charge in [-0.2, -0.15) is 0 Å². The molecule has 0 saturated heterocycles. The monoisotopic (exact) mass is 470 g/mol. The summed E-state index contributed by atoms with van der Waals surface area (Å²) >= 11 is 6.15. The molecule has 0 aliphatic heterocycles. The molecule has 0 bridgehead atoms. The lowest BCUT2D eigenvalue weighted by atomic mass is 9.68. The van der Waals surface area contributed by atoms with Crippen LogP contribution >= 0.6 is 24.0 Å². The molecule has 3 N–H and O–H groups in total. The summed E-state index contributed by atoms with van der Waals surface area (Å²) < 4.78 is 24.7. The van der Waals surface area contributed by atoms with Crippen LogP contribution in [0.3, 0.4) is 0 Å². The minimum Gasteiger partial charge on any atom is -0.353 e. The highest BCUT2D eigenvalue weighted by molar-refractivity contribution is 7.91. The minimum atomic E-state index is -3.45. The number of carbonyl (C=O) groups excluding carboxylic acids is 1. The van der Waals surface area contributed by atoms with Crippen molar-refractivity contribution in [2.75, 3.05) is 12.3 Å². The fourth-order valence-electron chi connectivity index (χ4n) is 4.02. The molecule has 0 unspecified atom stereocenters. The lowest BCUT2D eigenvalue weighted by Gasteiger charge is -2.40. The normalized spacial score (nSPS) is 21.5. The molecule has 1 aliphatic carbocycles. The fourth-order valence-corrected chi connectivity index (χ4v) is 5.47. The van der Waals surface area contributed by atoms with Crippen LogP contribution in [-0.2, 0) is 20.0 Å². The van der Waals surface area contributed by atoms with Crippen molar-refractivity contribution in [3.05, 3.63) is 65.2 Å². The second-order valence-electron chi connectivity index (χ2n) is 7.72. The highest BCUT2D eigenvalue weighted by Crippen LogP contribution is 2.39. The third-order valence-electron chi connectivity index (χ3n) is 5.84. The number of hydrogen-bond acceptors (Lipinski definition) is 4. The first-order valence-corrected chi connectivity index (χ1v) is 11.9. The van der Waals surface area contributed by atoms with Crippen LogP contribution in [0.1, 0.15) is 37.7 Å². The number of hydrogen-bond donors (Lipinski definition) is 2. The van der Waals surface area contributed by atoms with Crippen LogP contribution < -0.4 is 11.1 Å². The molecular weight excluding hydrogens is 443 g/mol. The van der Waals surface area contributed by atoms with Crippen LogP contribution in [-0.4, -0.2) is 32.7 Å². The third kappa shape index (κ3) is 5.97. The number of benzene rings is 2. The first-order chi connectivity index (χ1) is 13.8. The van der Waals surface area contributed by atoms with Crippen molar-refractivity contribution in [1.29, 1.82) is 0 Å². The molecule has 0 radical (unpaired) electrons. The van der Waals surface area contributed by atoms with Gasteiger partial charge >= 0.3 is 0 Å². The summed E-state index contributed by atoms with van der Waals surface area (Å²) in [6.07, 6.45) is 3.29. The first-order valence-electron chi connectivity index (χ1n) is 9.88. The Morgan fingerprint density at radius 1 is 1.10 bits per heavy atom. The predicted molar refractivity (Wildman–Crippen MR) is 123 cm³/mol. The molecular formula is C22H28Cl2N2O3S. The maximum atomic E-state index is 12.3. The molecule has 1 fully saturated rings. The van der Waals surface area contributed by atoms with E-state index in [4.69, 9.17) is 17.3 Å². The molecule has 0 atom stereocenters. The molecule has 5 nitrogen and oxygen atoms in total. The molecule has 1 aliphatic rings. The molecule has 8 heteroatoms. The molecule has 30 heavy (non-hydrogen) atoms. The minimum absolute atomic E-state index is 0. The van der Waals surface area contributed by atoms with Crippen molar-refractivity contribution in [2.24, 2.45) is 5.73 Å². The second kappa shape index (κ2) is 10.6. The van der Waals surface area contributed by atoms with Crippen LogP contribution in [0.2, 0.25) is 5.02 Å². The molecule has 164 valence electrons. The molecule has 0 aromatic heterocycles. The summed E-state index contributed by atoms with van der Waals surface area (Å²) in [5.74, 6) is -0.414. The number of nitrogens with two attached hydrogens (primary N) is 1. The molecule has 3 rings (SSSR count). The zero-order valence-corrected chi connectivity index (χ0v) is 19.1. The lowest BCUT2D eigenvalue weighted by Crippen LogP contribution is -2.45. The maximum absolute atomic E-state index is 12.3. The van der Waals surface area contributed by atoms with Crippen molar-refractivity contribution in [3.63, 3.8) is 0 Å². The van der Waals surface area contributed by atoms with Gasteiger partial charge in [0.05, 0.1) is 10.6 Å². The summed E-state index contributed by atoms with van der Waals surface area (Å²) in [6.45, 7) is 0.531. The van der Waals surface area contributed by atoms with E-state index >= 15 is 0 Å². The van der Waals surface area contributed by atoms with Crippen molar-refractivity contribution in [2.45, 2.75) is 48.5 Å². The van der Waals surface area contributed by atoms with E-state index in [1.165, 1.54) is 0 Å². The molecule has 0 spiro atoms. The largest absolute Gasteiger partial charge is 0.353 e. The Morgan fingerprint density at radius 2 is 1.77 bits per heavy atom. The van der Waals surface area contributed by atoms with E-state index in [0.717, 1.165) is 31.2 Å². The number of sulfone groups is 1. The maximum Gasteiger partial charge on any atom is 0.221 e. The van der Waals surface area contributed by atoms with Gasteiger partial charge in [0.1, 0.15) is 0 Å². The van der Waals surface area contributed by atoms with Crippen LogP contribution in [0.5, 0.6) is 0 Å². The van der Waals surface area contributed by atoms with Gasteiger partial charge in [0.15, 0.2) is 9.84 Å². The highest BCUT2D eigenvalue weighted by atomic mass is 35.5. The van der Waals surface area contributed by atoms with Crippen molar-refractivity contribution in [1.82, 2.24) is 5.32 Å². The van der Waals surface area contributed by atoms with E-state index in [2.05, 4.69) is 11.4 Å². The van der Waals surface area contributed by atoms with Crippen LogP contribution in [0.4, 0.5) is 0 Å². The smallest absolute Gasteiger partial charge is 0.221 e. The number of amides is 1. The predicted octanol–water partition coefficient (Wildman–Crippen LogP) is 3.88. The molecule has 0 heterocycles. The zero-order valence-electron chi connectivity index (χ0n) is 16.7. The number of nitrogens with one attached hydrogen (secondary N) is 1. The van der Waals surface area contributed by atoms with Gasteiger partial charge in [-0.15, -0.1) is 12.4 Å². The second-order valence-corrected chi connectivity index (χ2v) is 10.3. The molecule has 1 amide bonds. The van der Waals surface area contributed by atoms with Crippen molar-refractivity contribution >= 4 is 39.8 Å². The number of carbonyl (C=O) groups is 1. The van der Waals surface area contributed by atoms with E-state index in [9.17, 15) is 13.2 Å². The Hall–Kier alpha value is -1.60. The Kier molecular flexibility index (Phi) is 8.73. The van der Waals surface area contributed by atoms with Gasteiger partial charge in [-0.05, 0) is 55.5 Å². The van der Waals surface area contributed by atoms with Gasteiger partial charge in [-0.1, -0.05) is 41.9 Å². The van der Waals surface area contributed by atoms with Gasteiger partial charge in [0.2, 0.25) is 5.91 Å². The van der Waals surface area contributed by atoms with Crippen LogP contribution in [0.25, 0.3) is 0 Å². The Bertz CT molecular complexity index is 944. The third-order valence-corrected chi connectivity index (χ3v) is 7.80. The highest BCUT2D eigenvalue weighted by Gasteiger charge is 2.36. The quantitative estimate of drug-likeness (QED) is 0.642. The van der Waals surface area contributed by atoms with E-state index in [-0.39, 0.29) is 46.8 Å². The van der Waals surface area contributed by atoms with Gasteiger partial charge in [-0.25, -0.2) is 8.42 Å². The van der Waals surface area contributed by atoms with E-state index in [1.54, 1.807) is 30.3 Å². The summed E-state index contributed by atoms with van der Waals surface area (Å²) in [7, 11) is -3.45. The molecule has 2 aromatic carbocycles. The SMILES string of the molecule is Cl.NC[C@]1(c2cccc(Cl)c2)CC[C@@H](NC(=O)CCS(=O)(=O)c2ccccc2)CC1. The first kappa shape index (κ1) is 24.7. The van der Waals surface area contributed by atoms with Gasteiger partial charge < -0.3 is 11.1 Å². The summed E-state index contributed by atoms with van der Waals surface area (Å²) in [4.78, 5) is 12.6. The Morgan fingerprint density at radius 3 is 2.37 bits per heavy atom. The Labute approximate surface area is 189 Å². The molecule has 1 saturated carbocycles. The zero-order chi connectivity index (χ0) is 20.9. The lowest BCUT2D eigenvalue weighted by molar-refractivity contribution is -0.121. The summed E-state index contributed by atoms with van der Waals surface area (Å²) in [6, 6.07) is 16.1. The van der Waals surface area contributed by atoms with Gasteiger partial charge in [0, 0.05) is 29.4 Å². The van der Waals surface area contributed by atoms with E-state index in [1.807, 2.05) is 18.2 Å². The van der Waals surface area contributed by atoms with Crippen LogP contribution in [0.15, 0.2) is 59.5 Å². The number of halogens is 2. The van der Waals surface area contributed by atoms with E-state index < -0.39 is 9.84 Å². The average molecular weight is 471 g/mol. The van der Waals surface area contributed by atoms with E-state index in [0.29, 0.717) is 11.6 Å². The van der Waals surface area contributed by atoms with Crippen LogP contribution in [0, 0.1) is 0 Å². The fraction of sp³-hybridized carbons (Fsp3) is 0.409. The van der Waals surface area contributed by atoms with Gasteiger partial charge in [0.25, 0.3) is 0 Å².